The number of alkyl halides is 1. The number of carbonyl (C=O) groups is 1. The molecule has 0 heterocycles. The smallest absolute Gasteiger partial charge is 0.270 e. The van der Waals surface area contributed by atoms with Crippen molar-refractivity contribution >= 4 is 27.9 Å². The minimum absolute atomic E-state index is 0.0606. The fourth-order valence-electron chi connectivity index (χ4n) is 0.712. The van der Waals surface area contributed by atoms with E-state index in [0.29, 0.717) is 11.8 Å². The highest BCUT2D eigenvalue weighted by molar-refractivity contribution is 9.09. The SMILES string of the molecule is CCBr.O=Cc1cccc([N+](=O)[O-])c1. The van der Waals surface area contributed by atoms with Gasteiger partial charge in [-0.3, -0.25) is 14.9 Å². The lowest BCUT2D eigenvalue weighted by atomic mass is 10.2. The zero-order valence-electron chi connectivity index (χ0n) is 7.64. The van der Waals surface area contributed by atoms with Gasteiger partial charge >= 0.3 is 0 Å². The minimum atomic E-state index is -0.535. The van der Waals surface area contributed by atoms with Gasteiger partial charge < -0.3 is 0 Å². The summed E-state index contributed by atoms with van der Waals surface area (Å²) in [5.41, 5.74) is 0.258. The van der Waals surface area contributed by atoms with E-state index < -0.39 is 4.92 Å². The summed E-state index contributed by atoms with van der Waals surface area (Å²) < 4.78 is 0. The van der Waals surface area contributed by atoms with Crippen LogP contribution in [0.1, 0.15) is 17.3 Å². The van der Waals surface area contributed by atoms with Gasteiger partial charge in [-0.25, -0.2) is 0 Å². The van der Waals surface area contributed by atoms with Gasteiger partial charge in [-0.1, -0.05) is 35.0 Å². The Labute approximate surface area is 90.2 Å². The van der Waals surface area contributed by atoms with Gasteiger partial charge in [0.25, 0.3) is 5.69 Å². The van der Waals surface area contributed by atoms with Crippen LogP contribution in [0.4, 0.5) is 5.69 Å². The maximum atomic E-state index is 10.2. The number of rotatable bonds is 2. The van der Waals surface area contributed by atoms with E-state index in [4.69, 9.17) is 0 Å². The molecule has 4 nitrogen and oxygen atoms in total. The van der Waals surface area contributed by atoms with E-state index in [9.17, 15) is 14.9 Å². The Morgan fingerprint density at radius 2 is 2.14 bits per heavy atom. The van der Waals surface area contributed by atoms with Crippen molar-refractivity contribution < 1.29 is 9.72 Å². The van der Waals surface area contributed by atoms with Crippen LogP contribution >= 0.6 is 15.9 Å². The van der Waals surface area contributed by atoms with Gasteiger partial charge in [-0.2, -0.15) is 0 Å². The molecule has 0 atom stereocenters. The fraction of sp³-hybridized carbons (Fsp3) is 0.222. The van der Waals surface area contributed by atoms with E-state index in [1.165, 1.54) is 24.3 Å². The number of non-ortho nitro benzene ring substituents is 1. The van der Waals surface area contributed by atoms with Crippen LogP contribution in [0.5, 0.6) is 0 Å². The number of nitro benzene ring substituents is 1. The van der Waals surface area contributed by atoms with Gasteiger partial charge in [0, 0.05) is 23.0 Å². The molecular weight excluding hydrogens is 250 g/mol. The average Bonchev–Trinajstić information content (AvgIpc) is 2.19. The lowest BCUT2D eigenvalue weighted by Gasteiger charge is -1.90. The van der Waals surface area contributed by atoms with Crippen molar-refractivity contribution in [1.29, 1.82) is 0 Å². The van der Waals surface area contributed by atoms with E-state index in [-0.39, 0.29) is 5.69 Å². The molecule has 1 rings (SSSR count). The van der Waals surface area contributed by atoms with Crippen LogP contribution in [0.25, 0.3) is 0 Å². The molecule has 0 aliphatic carbocycles. The number of hydrogen-bond acceptors (Lipinski definition) is 3. The van der Waals surface area contributed by atoms with E-state index in [0.717, 1.165) is 5.33 Å². The summed E-state index contributed by atoms with van der Waals surface area (Å²) in [6.45, 7) is 2.04. The van der Waals surface area contributed by atoms with E-state index in [2.05, 4.69) is 15.9 Å². The van der Waals surface area contributed by atoms with Crippen LogP contribution in [-0.4, -0.2) is 16.5 Å². The maximum Gasteiger partial charge on any atom is 0.270 e. The van der Waals surface area contributed by atoms with Crippen LogP contribution in [0.2, 0.25) is 0 Å². The van der Waals surface area contributed by atoms with Crippen LogP contribution < -0.4 is 0 Å². The summed E-state index contributed by atoms with van der Waals surface area (Å²) in [4.78, 5) is 19.8. The second-order valence-corrected chi connectivity index (χ2v) is 3.36. The quantitative estimate of drug-likeness (QED) is 0.355. The highest BCUT2D eigenvalue weighted by Crippen LogP contribution is 2.10. The van der Waals surface area contributed by atoms with E-state index in [1.54, 1.807) is 0 Å². The summed E-state index contributed by atoms with van der Waals surface area (Å²) in [7, 11) is 0. The molecule has 0 aromatic heterocycles. The standard InChI is InChI=1S/C7H5NO3.C2H5Br/c9-5-6-2-1-3-7(4-6)8(10)11;1-2-3/h1-5H;2H2,1H3. The highest BCUT2D eigenvalue weighted by Gasteiger charge is 2.03. The van der Waals surface area contributed by atoms with Crippen LogP contribution in [0.15, 0.2) is 24.3 Å². The largest absolute Gasteiger partial charge is 0.298 e. The van der Waals surface area contributed by atoms with Crippen molar-refractivity contribution in [1.82, 2.24) is 0 Å². The van der Waals surface area contributed by atoms with Crippen molar-refractivity contribution in [2.45, 2.75) is 6.92 Å². The van der Waals surface area contributed by atoms with Crippen molar-refractivity contribution in [2.75, 3.05) is 5.33 Å². The van der Waals surface area contributed by atoms with Crippen LogP contribution in [-0.2, 0) is 0 Å². The number of nitro groups is 1. The van der Waals surface area contributed by atoms with E-state index in [1.807, 2.05) is 6.92 Å². The Balaban J connectivity index is 0.000000500. The Bertz CT molecular complexity index is 315. The number of nitrogens with zero attached hydrogens (tertiary/aromatic N) is 1. The second kappa shape index (κ2) is 7.20. The molecule has 0 bridgehead atoms. The zero-order chi connectivity index (χ0) is 11.0. The molecule has 0 saturated carbocycles. The third kappa shape index (κ3) is 4.71. The van der Waals surface area contributed by atoms with Crippen molar-refractivity contribution in [2.24, 2.45) is 0 Å². The summed E-state index contributed by atoms with van der Waals surface area (Å²) in [6.07, 6.45) is 0.576. The molecule has 0 unspecified atom stereocenters. The molecule has 0 aliphatic heterocycles. The van der Waals surface area contributed by atoms with Crippen molar-refractivity contribution in [3.8, 4) is 0 Å². The lowest BCUT2D eigenvalue weighted by Crippen LogP contribution is -1.88. The van der Waals surface area contributed by atoms with E-state index >= 15 is 0 Å². The first kappa shape index (κ1) is 12.8. The molecule has 0 spiro atoms. The van der Waals surface area contributed by atoms with Crippen molar-refractivity contribution in [3.63, 3.8) is 0 Å². The summed E-state index contributed by atoms with van der Waals surface area (Å²) >= 11 is 3.15. The molecule has 0 fully saturated rings. The molecule has 5 heteroatoms. The minimum Gasteiger partial charge on any atom is -0.298 e. The van der Waals surface area contributed by atoms with Crippen LogP contribution in [0.3, 0.4) is 0 Å². The molecule has 1 aromatic carbocycles. The molecular formula is C9H10BrNO3. The number of halogens is 1. The number of benzene rings is 1. The fourth-order valence-corrected chi connectivity index (χ4v) is 0.712. The predicted molar refractivity (Wildman–Crippen MR) is 58.0 cm³/mol. The number of hydrogen-bond donors (Lipinski definition) is 0. The van der Waals surface area contributed by atoms with Gasteiger partial charge in [0.2, 0.25) is 0 Å². The van der Waals surface area contributed by atoms with Gasteiger partial charge in [-0.15, -0.1) is 0 Å². The van der Waals surface area contributed by atoms with Crippen LogP contribution in [0, 0.1) is 10.1 Å². The lowest BCUT2D eigenvalue weighted by molar-refractivity contribution is -0.384. The third-order valence-corrected chi connectivity index (χ3v) is 1.22. The molecule has 14 heavy (non-hydrogen) atoms. The summed E-state index contributed by atoms with van der Waals surface area (Å²) in [5, 5.41) is 11.2. The molecule has 0 saturated heterocycles. The zero-order valence-corrected chi connectivity index (χ0v) is 9.23. The Morgan fingerprint density at radius 3 is 2.57 bits per heavy atom. The Morgan fingerprint density at radius 1 is 1.57 bits per heavy atom. The number of carbonyl (C=O) groups excluding carboxylic acids is 1. The normalized spacial score (nSPS) is 8.43. The Kier molecular flexibility index (Phi) is 6.57. The molecule has 0 aliphatic rings. The first-order valence-corrected chi connectivity index (χ1v) is 5.03. The molecule has 0 amide bonds. The van der Waals surface area contributed by atoms with Gasteiger partial charge in [0.15, 0.2) is 0 Å². The summed E-state index contributed by atoms with van der Waals surface area (Å²) in [5.74, 6) is 0. The van der Waals surface area contributed by atoms with Gasteiger partial charge in [0.05, 0.1) is 4.92 Å². The maximum absolute atomic E-state index is 10.2. The molecule has 76 valence electrons. The molecule has 0 N–H and O–H groups in total. The van der Waals surface area contributed by atoms with Gasteiger partial charge in [0.1, 0.15) is 6.29 Å². The average molecular weight is 260 g/mol. The summed E-state index contributed by atoms with van der Waals surface area (Å²) in [6, 6.07) is 5.56. The second-order valence-electron chi connectivity index (χ2n) is 2.24. The van der Waals surface area contributed by atoms with Gasteiger partial charge in [-0.05, 0) is 0 Å². The number of aldehydes is 1. The topological polar surface area (TPSA) is 60.2 Å². The molecule has 0 radical (unpaired) electrons. The predicted octanol–water partition coefficient (Wildman–Crippen LogP) is 2.81. The first-order valence-electron chi connectivity index (χ1n) is 3.91. The molecule has 1 aromatic rings. The first-order chi connectivity index (χ1) is 6.65. The monoisotopic (exact) mass is 259 g/mol. The highest BCUT2D eigenvalue weighted by atomic mass is 79.9. The third-order valence-electron chi connectivity index (χ3n) is 1.22. The van der Waals surface area contributed by atoms with Crippen molar-refractivity contribution in [3.05, 3.63) is 39.9 Å². The Hall–Kier alpha value is -1.23.